The Bertz CT molecular complexity index is 1190. The van der Waals surface area contributed by atoms with Gasteiger partial charge in [0.1, 0.15) is 0 Å². The molecule has 1 saturated heterocycles. The Morgan fingerprint density at radius 2 is 1.58 bits per heavy atom. The Balaban J connectivity index is 0.000000553. The van der Waals surface area contributed by atoms with Crippen molar-refractivity contribution in [2.75, 3.05) is 65.0 Å². The van der Waals surface area contributed by atoms with Crippen LogP contribution in [-0.4, -0.2) is 136 Å². The molecule has 1 aliphatic rings. The molecule has 16 nitrogen and oxygen atoms in total. The molecule has 2 atom stereocenters. The molecule has 2 heterocycles. The second-order valence-corrected chi connectivity index (χ2v) is 9.43. The van der Waals surface area contributed by atoms with Crippen LogP contribution in [0.2, 0.25) is 0 Å². The highest BCUT2D eigenvalue weighted by Gasteiger charge is 2.29. The number of hydrogen-bond donors (Lipinski definition) is 5. The summed E-state index contributed by atoms with van der Waals surface area (Å²) in [5.74, 6) is -3.01. The van der Waals surface area contributed by atoms with Gasteiger partial charge in [0.25, 0.3) is 0 Å². The van der Waals surface area contributed by atoms with Crippen LogP contribution in [0.15, 0.2) is 36.7 Å². The van der Waals surface area contributed by atoms with Crippen molar-refractivity contribution in [3.63, 3.8) is 0 Å². The summed E-state index contributed by atoms with van der Waals surface area (Å²) in [7, 11) is 3.36. The van der Waals surface area contributed by atoms with E-state index in [4.69, 9.17) is 35.6 Å². The first-order valence-electron chi connectivity index (χ1n) is 13.3. The van der Waals surface area contributed by atoms with Gasteiger partial charge < -0.3 is 50.3 Å². The van der Waals surface area contributed by atoms with Crippen molar-refractivity contribution in [3.05, 3.63) is 42.2 Å². The second-order valence-electron chi connectivity index (χ2n) is 9.43. The van der Waals surface area contributed by atoms with Crippen LogP contribution in [0, 0.1) is 0 Å². The summed E-state index contributed by atoms with van der Waals surface area (Å²) in [5, 5.41) is 32.5. The van der Waals surface area contributed by atoms with E-state index in [1.807, 2.05) is 24.3 Å². The van der Waals surface area contributed by atoms with Gasteiger partial charge in [-0.2, -0.15) is 0 Å². The molecule has 2 amide bonds. The lowest BCUT2D eigenvalue weighted by molar-refractivity contribution is -0.165. The number of methoxy groups -OCH3 is 1. The Labute approximate surface area is 248 Å². The Hall–Kier alpha value is -4.38. The molecule has 6 N–H and O–H groups in total. The molecule has 1 fully saturated rings. The molecule has 236 valence electrons. The fraction of sp³-hybridized carbons (Fsp3) is 0.481. The van der Waals surface area contributed by atoms with Gasteiger partial charge >= 0.3 is 18.0 Å². The number of aliphatic hydroxyl groups excluding tert-OH is 2. The molecule has 1 aromatic heterocycles. The minimum atomic E-state index is -2.27. The number of carboxylic acid groups (broad SMARTS) is 2. The summed E-state index contributed by atoms with van der Waals surface area (Å²) < 4.78 is 10.2. The quantitative estimate of drug-likeness (QED) is 0.187. The highest BCUT2D eigenvalue weighted by Crippen LogP contribution is 2.21. The lowest BCUT2D eigenvalue weighted by Crippen LogP contribution is -2.49. The summed E-state index contributed by atoms with van der Waals surface area (Å²) in [6.07, 6.45) is -0.539. The molecule has 1 aliphatic heterocycles. The zero-order chi connectivity index (χ0) is 31.9. The number of piperazine rings is 1. The maximum Gasteiger partial charge on any atom is 0.409 e. The summed E-state index contributed by atoms with van der Waals surface area (Å²) in [6, 6.07) is 7.94. The molecule has 0 bridgehead atoms. The highest BCUT2D eigenvalue weighted by molar-refractivity contribution is 5.83. The maximum atomic E-state index is 12.1. The number of aliphatic carboxylic acids is 2. The lowest BCUT2D eigenvalue weighted by atomic mass is 10.1. The number of benzene rings is 1. The monoisotopic (exact) mass is 606 g/mol. The average molecular weight is 607 g/mol. The Morgan fingerprint density at radius 3 is 2.12 bits per heavy atom. The standard InChI is InChI=1S/C23H32N6O4.C4H6O6/c1-27(21(30)14-24)17-18-5-3-6-19(13-18)20-15-25-22(26-16-20)28-7-9-29(10-8-28)23(31)33-12-4-11-32-2;5-1(3(7)8)2(6)4(9)10/h3,5-6,13,15-16H,4,7-12,14,17,24H2,1-2H3;1-2,5-6H,(H,7,8)(H,9,10)/t;1-,2-/m.1/s1. The van der Waals surface area contributed by atoms with E-state index >= 15 is 0 Å². The number of nitrogens with two attached hydrogens (primary N) is 1. The van der Waals surface area contributed by atoms with Gasteiger partial charge in [-0.3, -0.25) is 4.79 Å². The van der Waals surface area contributed by atoms with Crippen molar-refractivity contribution in [1.29, 1.82) is 0 Å². The first-order valence-corrected chi connectivity index (χ1v) is 13.3. The third kappa shape index (κ3) is 11.1. The normalized spacial score (nSPS) is 14.2. The van der Waals surface area contributed by atoms with Crippen LogP contribution in [0.3, 0.4) is 0 Å². The molecule has 2 aromatic rings. The number of ether oxygens (including phenoxy) is 2. The molecule has 0 saturated carbocycles. The first kappa shape index (κ1) is 34.8. The van der Waals surface area contributed by atoms with Gasteiger partial charge in [0.2, 0.25) is 11.9 Å². The van der Waals surface area contributed by atoms with Crippen LogP contribution < -0.4 is 10.6 Å². The lowest BCUT2D eigenvalue weighted by Gasteiger charge is -2.34. The molecule has 0 radical (unpaired) electrons. The van der Waals surface area contributed by atoms with Gasteiger partial charge in [0.05, 0.1) is 13.2 Å². The Kier molecular flexibility index (Phi) is 14.2. The number of nitrogens with zero attached hydrogens (tertiary/aromatic N) is 5. The number of rotatable bonds is 12. The van der Waals surface area contributed by atoms with Crippen LogP contribution in [0.25, 0.3) is 11.1 Å². The highest BCUT2D eigenvalue weighted by atomic mass is 16.6. The molecule has 0 unspecified atom stereocenters. The first-order chi connectivity index (χ1) is 20.5. The van der Waals surface area contributed by atoms with E-state index in [0.717, 1.165) is 16.7 Å². The number of carbonyl (C=O) groups is 4. The van der Waals surface area contributed by atoms with Crippen LogP contribution in [0.5, 0.6) is 0 Å². The van der Waals surface area contributed by atoms with E-state index in [1.165, 1.54) is 0 Å². The topological polar surface area (TPSA) is 229 Å². The summed E-state index contributed by atoms with van der Waals surface area (Å²) in [6.45, 7) is 3.82. The Morgan fingerprint density at radius 1 is 0.977 bits per heavy atom. The van der Waals surface area contributed by atoms with E-state index in [-0.39, 0.29) is 18.5 Å². The van der Waals surface area contributed by atoms with Crippen molar-refractivity contribution in [2.45, 2.75) is 25.2 Å². The predicted octanol–water partition coefficient (Wildman–Crippen LogP) is -0.767. The van der Waals surface area contributed by atoms with Gasteiger partial charge in [0.15, 0.2) is 12.2 Å². The summed E-state index contributed by atoms with van der Waals surface area (Å²) >= 11 is 0. The third-order valence-electron chi connectivity index (χ3n) is 6.26. The predicted molar refractivity (Wildman–Crippen MR) is 152 cm³/mol. The van der Waals surface area contributed by atoms with Gasteiger partial charge in [-0.25, -0.2) is 24.4 Å². The van der Waals surface area contributed by atoms with E-state index in [9.17, 15) is 19.2 Å². The molecule has 43 heavy (non-hydrogen) atoms. The smallest absolute Gasteiger partial charge is 0.409 e. The third-order valence-corrected chi connectivity index (χ3v) is 6.26. The largest absolute Gasteiger partial charge is 0.479 e. The van der Waals surface area contributed by atoms with E-state index in [2.05, 4.69) is 14.9 Å². The van der Waals surface area contributed by atoms with Crippen LogP contribution >= 0.6 is 0 Å². The van der Waals surface area contributed by atoms with E-state index < -0.39 is 24.1 Å². The average Bonchev–Trinajstić information content (AvgIpc) is 3.02. The van der Waals surface area contributed by atoms with Crippen molar-refractivity contribution in [2.24, 2.45) is 5.73 Å². The molecule has 16 heteroatoms. The number of likely N-dealkylation sites (N-methyl/N-ethyl adjacent to an activating group) is 1. The number of aliphatic hydroxyl groups is 2. The maximum absolute atomic E-state index is 12.1. The number of carbonyl (C=O) groups excluding carboxylic acids is 2. The number of carboxylic acids is 2. The fourth-order valence-corrected chi connectivity index (χ4v) is 3.81. The molecule has 1 aromatic carbocycles. The van der Waals surface area contributed by atoms with Crippen molar-refractivity contribution < 1.29 is 49.1 Å². The van der Waals surface area contributed by atoms with Crippen molar-refractivity contribution in [1.82, 2.24) is 19.8 Å². The van der Waals surface area contributed by atoms with Crippen LogP contribution in [0.4, 0.5) is 10.7 Å². The molecule has 3 rings (SSSR count). The number of anilines is 1. The van der Waals surface area contributed by atoms with E-state index in [1.54, 1.807) is 36.4 Å². The zero-order valence-electron chi connectivity index (χ0n) is 24.0. The van der Waals surface area contributed by atoms with Gasteiger partial charge in [-0.15, -0.1) is 0 Å². The van der Waals surface area contributed by atoms with Gasteiger partial charge in [-0.05, 0) is 17.2 Å². The van der Waals surface area contributed by atoms with Crippen molar-refractivity contribution >= 4 is 29.9 Å². The molecular weight excluding hydrogens is 568 g/mol. The van der Waals surface area contributed by atoms with Crippen molar-refractivity contribution in [3.8, 4) is 11.1 Å². The molecular formula is C27H38N6O10. The SMILES string of the molecule is COCCCOC(=O)N1CCN(c2ncc(-c3cccc(CN(C)C(=O)CN)c3)cn2)CC1.O=C(O)[C@H](O)[C@@H](O)C(=O)O. The number of aromatic nitrogens is 2. The summed E-state index contributed by atoms with van der Waals surface area (Å²) in [4.78, 5) is 57.9. The minimum absolute atomic E-state index is 0.00464. The number of hydrogen-bond acceptors (Lipinski definition) is 12. The molecule has 0 spiro atoms. The minimum Gasteiger partial charge on any atom is -0.479 e. The fourth-order valence-electron chi connectivity index (χ4n) is 3.81. The van der Waals surface area contributed by atoms with Crippen LogP contribution in [0.1, 0.15) is 12.0 Å². The number of amides is 2. The molecule has 0 aliphatic carbocycles. The second kappa shape index (κ2) is 17.5. The van der Waals surface area contributed by atoms with Gasteiger partial charge in [-0.1, -0.05) is 18.2 Å². The summed E-state index contributed by atoms with van der Waals surface area (Å²) in [5.41, 5.74) is 8.31. The zero-order valence-corrected chi connectivity index (χ0v) is 24.0. The van der Waals surface area contributed by atoms with E-state index in [0.29, 0.717) is 58.3 Å². The van der Waals surface area contributed by atoms with Gasteiger partial charge in [0, 0.05) is 77.9 Å². The van der Waals surface area contributed by atoms with Crippen LogP contribution in [-0.2, 0) is 30.4 Å².